The molecule has 0 fully saturated rings. The van der Waals surface area contributed by atoms with E-state index in [1.165, 1.54) is 7.11 Å². The lowest BCUT2D eigenvalue weighted by molar-refractivity contribution is -0.145. The van der Waals surface area contributed by atoms with E-state index in [1.807, 2.05) is 37.3 Å². The average molecular weight is 222 g/mol. The van der Waals surface area contributed by atoms with Crippen LogP contribution >= 0.6 is 0 Å². The molecule has 2 unspecified atom stereocenters. The number of esters is 1. The molecular weight excluding hydrogens is 204 g/mol. The van der Waals surface area contributed by atoms with Crippen LogP contribution in [-0.2, 0) is 9.53 Å². The summed E-state index contributed by atoms with van der Waals surface area (Å²) in [6.45, 7) is 1.97. The topological polar surface area (TPSA) is 46.5 Å². The molecule has 0 aliphatic carbocycles. The first-order valence-electron chi connectivity index (χ1n) is 5.51. The Morgan fingerprint density at radius 1 is 1.38 bits per heavy atom. The van der Waals surface area contributed by atoms with Crippen LogP contribution in [0.3, 0.4) is 0 Å². The summed E-state index contributed by atoms with van der Waals surface area (Å²) in [5.41, 5.74) is 0.801. The molecule has 0 heterocycles. The van der Waals surface area contributed by atoms with E-state index < -0.39 is 12.0 Å². The van der Waals surface area contributed by atoms with E-state index in [4.69, 9.17) is 4.74 Å². The van der Waals surface area contributed by atoms with Crippen molar-refractivity contribution >= 4 is 5.97 Å². The van der Waals surface area contributed by atoms with Crippen LogP contribution in [0.2, 0.25) is 0 Å². The highest BCUT2D eigenvalue weighted by Gasteiger charge is 2.28. The van der Waals surface area contributed by atoms with Gasteiger partial charge in [0, 0.05) is 0 Å². The predicted molar refractivity (Wildman–Crippen MR) is 62.1 cm³/mol. The number of carbonyl (C=O) groups excluding carboxylic acids is 1. The molecule has 3 nitrogen and oxygen atoms in total. The lowest BCUT2D eigenvalue weighted by Crippen LogP contribution is -2.27. The number of hydrogen-bond acceptors (Lipinski definition) is 3. The number of hydrogen-bond donors (Lipinski definition) is 1. The SMILES string of the molecule is CCCC(O)C(C(=O)OC)c1ccccc1. The molecule has 3 heteroatoms. The molecule has 0 saturated carbocycles. The Kier molecular flexibility index (Phi) is 4.99. The summed E-state index contributed by atoms with van der Waals surface area (Å²) in [6, 6.07) is 9.25. The molecule has 1 N–H and O–H groups in total. The van der Waals surface area contributed by atoms with E-state index in [0.29, 0.717) is 6.42 Å². The van der Waals surface area contributed by atoms with Crippen molar-refractivity contribution in [3.8, 4) is 0 Å². The molecule has 0 aliphatic rings. The summed E-state index contributed by atoms with van der Waals surface area (Å²) in [6.07, 6.45) is 0.746. The molecule has 16 heavy (non-hydrogen) atoms. The van der Waals surface area contributed by atoms with Crippen LogP contribution in [0.4, 0.5) is 0 Å². The minimum Gasteiger partial charge on any atom is -0.468 e. The zero-order chi connectivity index (χ0) is 12.0. The fraction of sp³-hybridized carbons (Fsp3) is 0.462. The third-order valence-electron chi connectivity index (χ3n) is 2.58. The van der Waals surface area contributed by atoms with Gasteiger partial charge in [0.05, 0.1) is 13.2 Å². The van der Waals surface area contributed by atoms with Gasteiger partial charge in [-0.1, -0.05) is 43.7 Å². The second-order valence-corrected chi connectivity index (χ2v) is 3.77. The van der Waals surface area contributed by atoms with Crippen molar-refractivity contribution in [2.24, 2.45) is 0 Å². The third kappa shape index (κ3) is 3.07. The molecule has 0 bridgehead atoms. The quantitative estimate of drug-likeness (QED) is 0.776. The van der Waals surface area contributed by atoms with E-state index >= 15 is 0 Å². The second-order valence-electron chi connectivity index (χ2n) is 3.77. The van der Waals surface area contributed by atoms with E-state index in [0.717, 1.165) is 12.0 Å². The van der Waals surface area contributed by atoms with Gasteiger partial charge in [0.2, 0.25) is 0 Å². The molecule has 0 spiro atoms. The first-order valence-corrected chi connectivity index (χ1v) is 5.51. The number of aliphatic hydroxyl groups excluding tert-OH is 1. The summed E-state index contributed by atoms with van der Waals surface area (Å²) in [5, 5.41) is 9.96. The summed E-state index contributed by atoms with van der Waals surface area (Å²) < 4.78 is 4.74. The van der Waals surface area contributed by atoms with Crippen molar-refractivity contribution < 1.29 is 14.6 Å². The van der Waals surface area contributed by atoms with E-state index in [2.05, 4.69) is 0 Å². The first-order chi connectivity index (χ1) is 7.70. The van der Waals surface area contributed by atoms with Gasteiger partial charge in [-0.15, -0.1) is 0 Å². The van der Waals surface area contributed by atoms with Crippen LogP contribution in [0.25, 0.3) is 0 Å². The largest absolute Gasteiger partial charge is 0.468 e. The highest BCUT2D eigenvalue weighted by Crippen LogP contribution is 2.23. The summed E-state index contributed by atoms with van der Waals surface area (Å²) in [5.74, 6) is -0.960. The molecule has 1 aromatic carbocycles. The van der Waals surface area contributed by atoms with Crippen LogP contribution < -0.4 is 0 Å². The molecule has 2 atom stereocenters. The lowest BCUT2D eigenvalue weighted by Gasteiger charge is -2.20. The van der Waals surface area contributed by atoms with Crippen molar-refractivity contribution in [1.29, 1.82) is 0 Å². The molecule has 0 radical (unpaired) electrons. The van der Waals surface area contributed by atoms with Crippen LogP contribution in [-0.4, -0.2) is 24.3 Å². The van der Waals surface area contributed by atoms with Crippen molar-refractivity contribution in [3.05, 3.63) is 35.9 Å². The van der Waals surface area contributed by atoms with Gasteiger partial charge in [0.15, 0.2) is 0 Å². The lowest BCUT2D eigenvalue weighted by atomic mass is 9.91. The molecule has 1 aromatic rings. The Morgan fingerprint density at radius 2 is 2.00 bits per heavy atom. The van der Waals surface area contributed by atoms with Gasteiger partial charge >= 0.3 is 5.97 Å². The Labute approximate surface area is 96.1 Å². The molecule has 0 saturated heterocycles. The Hall–Kier alpha value is -1.35. The van der Waals surface area contributed by atoms with Gasteiger partial charge in [0.25, 0.3) is 0 Å². The number of methoxy groups -OCH3 is 1. The summed E-state index contributed by atoms with van der Waals surface area (Å²) >= 11 is 0. The summed E-state index contributed by atoms with van der Waals surface area (Å²) in [7, 11) is 1.34. The fourth-order valence-electron chi connectivity index (χ4n) is 1.77. The van der Waals surface area contributed by atoms with Gasteiger partial charge in [-0.2, -0.15) is 0 Å². The number of benzene rings is 1. The standard InChI is InChI=1S/C13H18O3/c1-3-7-11(14)12(13(15)16-2)10-8-5-4-6-9-10/h4-6,8-9,11-12,14H,3,7H2,1-2H3. The number of aliphatic hydroxyl groups is 1. The van der Waals surface area contributed by atoms with Crippen LogP contribution in [0.5, 0.6) is 0 Å². The zero-order valence-corrected chi connectivity index (χ0v) is 9.72. The Morgan fingerprint density at radius 3 is 2.50 bits per heavy atom. The van der Waals surface area contributed by atoms with E-state index in [-0.39, 0.29) is 5.97 Å². The number of ether oxygens (including phenoxy) is 1. The van der Waals surface area contributed by atoms with Gasteiger partial charge in [-0.05, 0) is 12.0 Å². The highest BCUT2D eigenvalue weighted by atomic mass is 16.5. The highest BCUT2D eigenvalue weighted by molar-refractivity contribution is 5.78. The molecular formula is C13H18O3. The van der Waals surface area contributed by atoms with Crippen molar-refractivity contribution in [1.82, 2.24) is 0 Å². The summed E-state index contributed by atoms with van der Waals surface area (Å²) in [4.78, 5) is 11.6. The van der Waals surface area contributed by atoms with Gasteiger partial charge in [0.1, 0.15) is 5.92 Å². The first kappa shape index (κ1) is 12.7. The molecule has 0 aliphatic heterocycles. The molecule has 0 aromatic heterocycles. The van der Waals surface area contributed by atoms with Gasteiger partial charge in [-0.3, -0.25) is 4.79 Å². The Bertz CT molecular complexity index is 321. The maximum Gasteiger partial charge on any atom is 0.315 e. The maximum absolute atomic E-state index is 11.6. The van der Waals surface area contributed by atoms with Gasteiger partial charge in [-0.25, -0.2) is 0 Å². The minimum atomic E-state index is -0.681. The maximum atomic E-state index is 11.6. The predicted octanol–water partition coefficient (Wildman–Crippen LogP) is 2.10. The minimum absolute atomic E-state index is 0.382. The molecule has 1 rings (SSSR count). The Balaban J connectivity index is 2.92. The second kappa shape index (κ2) is 6.28. The third-order valence-corrected chi connectivity index (χ3v) is 2.58. The number of rotatable bonds is 5. The van der Waals surface area contributed by atoms with Crippen LogP contribution in [0.1, 0.15) is 31.2 Å². The van der Waals surface area contributed by atoms with Crippen molar-refractivity contribution in [2.75, 3.05) is 7.11 Å². The monoisotopic (exact) mass is 222 g/mol. The van der Waals surface area contributed by atoms with E-state index in [1.54, 1.807) is 0 Å². The fourth-order valence-corrected chi connectivity index (χ4v) is 1.77. The molecule has 0 amide bonds. The average Bonchev–Trinajstić information content (AvgIpc) is 2.31. The van der Waals surface area contributed by atoms with Crippen molar-refractivity contribution in [3.63, 3.8) is 0 Å². The smallest absolute Gasteiger partial charge is 0.315 e. The normalized spacial score (nSPS) is 14.2. The van der Waals surface area contributed by atoms with Crippen molar-refractivity contribution in [2.45, 2.75) is 31.8 Å². The number of carbonyl (C=O) groups is 1. The van der Waals surface area contributed by atoms with Gasteiger partial charge < -0.3 is 9.84 Å². The van der Waals surface area contributed by atoms with Crippen LogP contribution in [0.15, 0.2) is 30.3 Å². The van der Waals surface area contributed by atoms with E-state index in [9.17, 15) is 9.90 Å². The van der Waals surface area contributed by atoms with Crippen LogP contribution in [0, 0.1) is 0 Å². The zero-order valence-electron chi connectivity index (χ0n) is 9.72. The molecule has 88 valence electrons.